The lowest BCUT2D eigenvalue weighted by Gasteiger charge is -2.06. The number of benzene rings is 1. The zero-order valence-electron chi connectivity index (χ0n) is 7.71. The topological polar surface area (TPSA) is 38.3 Å². The molecule has 1 aliphatic heterocycles. The van der Waals surface area contributed by atoms with Gasteiger partial charge in [-0.15, -0.1) is 0 Å². The fraction of sp³-hybridized carbons (Fsp3) is 0.300. The highest BCUT2D eigenvalue weighted by molar-refractivity contribution is 9.10. The van der Waals surface area contributed by atoms with Gasteiger partial charge in [-0.1, -0.05) is 22.9 Å². The van der Waals surface area contributed by atoms with Gasteiger partial charge in [0.25, 0.3) is 0 Å². The van der Waals surface area contributed by atoms with E-state index in [1.54, 1.807) is 0 Å². The van der Waals surface area contributed by atoms with E-state index in [-0.39, 0.29) is 11.8 Å². The molecular weight excluding hydrogens is 246 g/mol. The van der Waals surface area contributed by atoms with E-state index in [0.29, 0.717) is 6.61 Å². The third kappa shape index (κ3) is 1.75. The highest BCUT2D eigenvalue weighted by Crippen LogP contribution is 2.30. The predicted octanol–water partition coefficient (Wildman–Crippen LogP) is 2.42. The molecule has 0 aliphatic carbocycles. The molecule has 1 atom stereocenters. The summed E-state index contributed by atoms with van der Waals surface area (Å²) in [5, 5.41) is 2.82. The molecule has 2 rings (SSSR count). The summed E-state index contributed by atoms with van der Waals surface area (Å²) < 4.78 is 6.41. The maximum Gasteiger partial charge on any atom is 0.230 e. The van der Waals surface area contributed by atoms with Crippen molar-refractivity contribution in [3.63, 3.8) is 0 Å². The Morgan fingerprint density at radius 1 is 1.57 bits per heavy atom. The molecule has 3 nitrogen and oxygen atoms in total. The third-order valence-corrected chi connectivity index (χ3v) is 2.63. The minimum atomic E-state index is -0.110. The molecule has 14 heavy (non-hydrogen) atoms. The van der Waals surface area contributed by atoms with Crippen LogP contribution in [-0.2, 0) is 4.79 Å². The normalized spacial score (nSPS) is 20.4. The molecule has 4 heteroatoms. The summed E-state index contributed by atoms with van der Waals surface area (Å²) in [6.45, 7) is 2.27. The largest absolute Gasteiger partial charge is 0.491 e. The number of nitrogens with one attached hydrogen (secondary N) is 1. The van der Waals surface area contributed by atoms with Crippen molar-refractivity contribution < 1.29 is 9.53 Å². The van der Waals surface area contributed by atoms with Crippen LogP contribution in [0.3, 0.4) is 0 Å². The summed E-state index contributed by atoms with van der Waals surface area (Å²) in [5.41, 5.74) is 0.730. The number of carbonyl (C=O) groups excluding carboxylic acids is 1. The summed E-state index contributed by atoms with van der Waals surface area (Å²) >= 11 is 3.34. The van der Waals surface area contributed by atoms with Gasteiger partial charge < -0.3 is 10.1 Å². The van der Waals surface area contributed by atoms with E-state index in [4.69, 9.17) is 4.74 Å². The molecule has 0 saturated heterocycles. The summed E-state index contributed by atoms with van der Waals surface area (Å²) in [4.78, 5) is 11.5. The molecular formula is C10H10BrNO2. The first-order chi connectivity index (χ1) is 6.66. The van der Waals surface area contributed by atoms with E-state index in [1.807, 2.05) is 25.1 Å². The Morgan fingerprint density at radius 2 is 2.36 bits per heavy atom. The van der Waals surface area contributed by atoms with E-state index in [1.165, 1.54) is 0 Å². The number of halogens is 1. The Morgan fingerprint density at radius 3 is 3.14 bits per heavy atom. The van der Waals surface area contributed by atoms with Gasteiger partial charge >= 0.3 is 0 Å². The van der Waals surface area contributed by atoms with Gasteiger partial charge in [-0.3, -0.25) is 4.79 Å². The van der Waals surface area contributed by atoms with Gasteiger partial charge in [0, 0.05) is 4.47 Å². The third-order valence-electron chi connectivity index (χ3n) is 2.14. The molecule has 1 aliphatic rings. The average Bonchev–Trinajstić information content (AvgIpc) is 2.27. The van der Waals surface area contributed by atoms with Gasteiger partial charge in [0.2, 0.25) is 5.91 Å². The maximum absolute atomic E-state index is 11.5. The summed E-state index contributed by atoms with van der Waals surface area (Å²) in [5.74, 6) is 0.619. The number of amides is 1. The van der Waals surface area contributed by atoms with Crippen molar-refractivity contribution in [3.05, 3.63) is 22.7 Å². The lowest BCUT2D eigenvalue weighted by Crippen LogP contribution is -2.21. The Balaban J connectivity index is 2.38. The number of anilines is 1. The van der Waals surface area contributed by atoms with E-state index in [9.17, 15) is 4.79 Å². The molecule has 1 aromatic carbocycles. The number of fused-ring (bicyclic) bond motifs is 1. The van der Waals surface area contributed by atoms with Crippen molar-refractivity contribution in [1.82, 2.24) is 0 Å². The molecule has 1 amide bonds. The van der Waals surface area contributed by atoms with Gasteiger partial charge in [-0.2, -0.15) is 0 Å². The van der Waals surface area contributed by atoms with Crippen LogP contribution >= 0.6 is 15.9 Å². The van der Waals surface area contributed by atoms with Gasteiger partial charge in [0.1, 0.15) is 5.75 Å². The van der Waals surface area contributed by atoms with Crippen LogP contribution in [0.1, 0.15) is 6.92 Å². The second-order valence-corrected chi connectivity index (χ2v) is 4.26. The molecule has 1 N–H and O–H groups in total. The summed E-state index contributed by atoms with van der Waals surface area (Å²) in [7, 11) is 0. The molecule has 0 bridgehead atoms. The standard InChI is InChI=1S/C10H10BrNO2/c1-6-5-14-9-3-2-7(11)4-8(9)12-10(6)13/h2-4,6H,5H2,1H3,(H,12,13). The zero-order valence-corrected chi connectivity index (χ0v) is 9.30. The second kappa shape index (κ2) is 3.61. The van der Waals surface area contributed by atoms with E-state index in [2.05, 4.69) is 21.2 Å². The number of hydrogen-bond donors (Lipinski definition) is 1. The van der Waals surface area contributed by atoms with Crippen molar-refractivity contribution >= 4 is 27.5 Å². The lowest BCUT2D eigenvalue weighted by atomic mass is 10.2. The first-order valence-corrected chi connectivity index (χ1v) is 5.19. The molecule has 1 aromatic rings. The molecule has 1 heterocycles. The minimum absolute atomic E-state index is 0.00171. The predicted molar refractivity (Wildman–Crippen MR) is 57.4 cm³/mol. The minimum Gasteiger partial charge on any atom is -0.491 e. The molecule has 1 unspecified atom stereocenters. The Labute approximate surface area is 90.6 Å². The maximum atomic E-state index is 11.5. The first kappa shape index (κ1) is 9.52. The average molecular weight is 256 g/mol. The molecule has 74 valence electrons. The van der Waals surface area contributed by atoms with Crippen molar-refractivity contribution in [3.8, 4) is 5.75 Å². The number of rotatable bonds is 0. The Hall–Kier alpha value is -1.03. The zero-order chi connectivity index (χ0) is 10.1. The van der Waals surface area contributed by atoms with Crippen LogP contribution in [0.5, 0.6) is 5.75 Å². The van der Waals surface area contributed by atoms with Crippen LogP contribution in [-0.4, -0.2) is 12.5 Å². The molecule has 0 spiro atoms. The van der Waals surface area contributed by atoms with Crippen LogP contribution in [0.2, 0.25) is 0 Å². The van der Waals surface area contributed by atoms with Crippen molar-refractivity contribution in [2.45, 2.75) is 6.92 Å². The van der Waals surface area contributed by atoms with Crippen LogP contribution in [0.4, 0.5) is 5.69 Å². The lowest BCUT2D eigenvalue weighted by molar-refractivity contribution is -0.119. The molecule has 0 saturated carbocycles. The first-order valence-electron chi connectivity index (χ1n) is 4.40. The van der Waals surface area contributed by atoms with Crippen LogP contribution in [0.25, 0.3) is 0 Å². The Bertz CT molecular complexity index is 378. The van der Waals surface area contributed by atoms with Gasteiger partial charge in [-0.05, 0) is 18.2 Å². The van der Waals surface area contributed by atoms with Crippen molar-refractivity contribution in [2.24, 2.45) is 5.92 Å². The van der Waals surface area contributed by atoms with Crippen molar-refractivity contribution in [2.75, 3.05) is 11.9 Å². The van der Waals surface area contributed by atoms with E-state index < -0.39 is 0 Å². The van der Waals surface area contributed by atoms with Crippen LogP contribution in [0, 0.1) is 5.92 Å². The fourth-order valence-corrected chi connectivity index (χ4v) is 1.63. The fourth-order valence-electron chi connectivity index (χ4n) is 1.27. The molecule has 0 radical (unpaired) electrons. The van der Waals surface area contributed by atoms with E-state index in [0.717, 1.165) is 15.9 Å². The quantitative estimate of drug-likeness (QED) is 0.774. The summed E-state index contributed by atoms with van der Waals surface area (Å²) in [6, 6.07) is 5.57. The van der Waals surface area contributed by atoms with E-state index >= 15 is 0 Å². The molecule has 0 aromatic heterocycles. The second-order valence-electron chi connectivity index (χ2n) is 3.34. The number of ether oxygens (including phenoxy) is 1. The highest BCUT2D eigenvalue weighted by Gasteiger charge is 2.20. The highest BCUT2D eigenvalue weighted by atomic mass is 79.9. The van der Waals surface area contributed by atoms with Crippen LogP contribution < -0.4 is 10.1 Å². The SMILES string of the molecule is CC1COc2ccc(Br)cc2NC1=O. The smallest absolute Gasteiger partial charge is 0.230 e. The summed E-state index contributed by atoms with van der Waals surface area (Å²) in [6.07, 6.45) is 0. The van der Waals surface area contributed by atoms with Gasteiger partial charge in [0.15, 0.2) is 0 Å². The van der Waals surface area contributed by atoms with Gasteiger partial charge in [0.05, 0.1) is 18.2 Å². The Kier molecular flexibility index (Phi) is 2.46. The molecule has 0 fully saturated rings. The van der Waals surface area contributed by atoms with Crippen LogP contribution in [0.15, 0.2) is 22.7 Å². The van der Waals surface area contributed by atoms with Gasteiger partial charge in [-0.25, -0.2) is 0 Å². The number of hydrogen-bond acceptors (Lipinski definition) is 2. The van der Waals surface area contributed by atoms with Crippen molar-refractivity contribution in [1.29, 1.82) is 0 Å². The monoisotopic (exact) mass is 255 g/mol. The number of carbonyl (C=O) groups is 1.